The summed E-state index contributed by atoms with van der Waals surface area (Å²) in [4.78, 5) is 15.3. The highest BCUT2D eigenvalue weighted by molar-refractivity contribution is 7.96. The van der Waals surface area contributed by atoms with Crippen molar-refractivity contribution < 1.29 is 14.3 Å². The van der Waals surface area contributed by atoms with Crippen LogP contribution in [0.15, 0.2) is 42.5 Å². The van der Waals surface area contributed by atoms with E-state index in [1.54, 1.807) is 7.11 Å². The lowest BCUT2D eigenvalue weighted by molar-refractivity contribution is 0.0339. The van der Waals surface area contributed by atoms with E-state index in [2.05, 4.69) is 29.4 Å². The van der Waals surface area contributed by atoms with Crippen LogP contribution in [0.3, 0.4) is 0 Å². The Bertz CT molecular complexity index is 1000. The van der Waals surface area contributed by atoms with Gasteiger partial charge in [0.15, 0.2) is 0 Å². The highest BCUT2D eigenvalue weighted by Crippen LogP contribution is 2.47. The van der Waals surface area contributed by atoms with E-state index in [-0.39, 0.29) is 18.1 Å². The van der Waals surface area contributed by atoms with Gasteiger partial charge in [0, 0.05) is 31.5 Å². The lowest BCUT2D eigenvalue weighted by Crippen LogP contribution is -2.32. The number of benzene rings is 2. The number of ether oxygens (including phenoxy) is 2. The summed E-state index contributed by atoms with van der Waals surface area (Å²) in [5, 5.41) is 0. The van der Waals surface area contributed by atoms with E-state index in [9.17, 15) is 4.79 Å². The molecule has 3 fully saturated rings. The molecule has 2 aromatic carbocycles. The van der Waals surface area contributed by atoms with Crippen LogP contribution in [0.1, 0.15) is 40.4 Å². The van der Waals surface area contributed by atoms with Gasteiger partial charge in [0.05, 0.1) is 13.1 Å². The average Bonchev–Trinajstić information content (AvgIpc) is 3.24. The van der Waals surface area contributed by atoms with Gasteiger partial charge in [-0.2, -0.15) is 0 Å². The molecule has 0 spiro atoms. The number of methoxy groups -OCH3 is 1. The van der Waals surface area contributed by atoms with Crippen molar-refractivity contribution in [2.24, 2.45) is 11.8 Å². The third-order valence-electron chi connectivity index (χ3n) is 7.30. The zero-order valence-corrected chi connectivity index (χ0v) is 20.6. The molecule has 176 valence electrons. The Labute approximate surface area is 201 Å². The molecule has 1 amide bonds. The maximum Gasteiger partial charge on any atom is 0.254 e. The molecule has 0 N–H and O–H groups in total. The second-order valence-electron chi connectivity index (χ2n) is 9.63. The number of nitrogens with zero attached hydrogens (tertiary/aromatic N) is 2. The first-order chi connectivity index (χ1) is 16.1. The second-order valence-corrected chi connectivity index (χ2v) is 10.7. The van der Waals surface area contributed by atoms with E-state index in [0.29, 0.717) is 13.1 Å². The zero-order valence-electron chi connectivity index (χ0n) is 19.8. The monoisotopic (exact) mass is 466 g/mol. The van der Waals surface area contributed by atoms with Crippen LogP contribution in [0, 0.1) is 18.8 Å². The minimum atomic E-state index is -0.179. The van der Waals surface area contributed by atoms with Crippen molar-refractivity contribution in [2.75, 3.05) is 33.3 Å². The molecular weight excluding hydrogens is 432 g/mol. The molecular formula is C27H34N2O3S. The molecule has 2 aliphatic heterocycles. The van der Waals surface area contributed by atoms with Gasteiger partial charge in [-0.15, -0.1) is 0 Å². The van der Waals surface area contributed by atoms with Crippen molar-refractivity contribution in [3.05, 3.63) is 64.7 Å². The number of likely N-dealkylation sites (tertiary alicyclic amines) is 1. The smallest absolute Gasteiger partial charge is 0.254 e. The van der Waals surface area contributed by atoms with Gasteiger partial charge in [0.25, 0.3) is 5.91 Å². The number of carbonyl (C=O) groups is 1. The number of carbonyl (C=O) groups excluding carboxylic acids is 1. The first-order valence-corrected chi connectivity index (χ1v) is 13.0. The largest absolute Gasteiger partial charge is 0.486 e. The predicted octanol–water partition coefficient (Wildman–Crippen LogP) is 4.58. The summed E-state index contributed by atoms with van der Waals surface area (Å²) in [5.74, 6) is 3.81. The molecule has 0 aromatic heterocycles. The fourth-order valence-corrected chi connectivity index (χ4v) is 6.35. The van der Waals surface area contributed by atoms with Crippen LogP contribution < -0.4 is 4.74 Å². The summed E-state index contributed by atoms with van der Waals surface area (Å²) in [5.41, 5.74) is 4.22. The van der Waals surface area contributed by atoms with E-state index in [1.165, 1.54) is 25.1 Å². The van der Waals surface area contributed by atoms with Crippen molar-refractivity contribution in [1.82, 2.24) is 9.21 Å². The molecule has 5 nitrogen and oxygen atoms in total. The fourth-order valence-electron chi connectivity index (χ4n) is 5.25. The van der Waals surface area contributed by atoms with Crippen LogP contribution in [-0.2, 0) is 16.9 Å². The van der Waals surface area contributed by atoms with Crippen LogP contribution in [0.2, 0.25) is 0 Å². The fraction of sp³-hybridized carbons (Fsp3) is 0.519. The summed E-state index contributed by atoms with van der Waals surface area (Å²) < 4.78 is 14.6. The topological polar surface area (TPSA) is 42.0 Å². The third kappa shape index (κ3) is 4.93. The van der Waals surface area contributed by atoms with Crippen LogP contribution in [0.25, 0.3) is 0 Å². The summed E-state index contributed by atoms with van der Waals surface area (Å²) in [6.45, 7) is 7.67. The van der Waals surface area contributed by atoms with E-state index in [0.717, 1.165) is 46.4 Å². The second kappa shape index (κ2) is 9.69. The molecule has 4 atom stereocenters. The van der Waals surface area contributed by atoms with Crippen LogP contribution >= 0.6 is 11.9 Å². The van der Waals surface area contributed by atoms with E-state index >= 15 is 0 Å². The Balaban J connectivity index is 1.23. The van der Waals surface area contributed by atoms with Crippen molar-refractivity contribution in [2.45, 2.75) is 44.6 Å². The third-order valence-corrected chi connectivity index (χ3v) is 8.43. The molecule has 0 radical (unpaired) electrons. The predicted molar refractivity (Wildman–Crippen MR) is 133 cm³/mol. The number of hydrogen-bond donors (Lipinski definition) is 0. The van der Waals surface area contributed by atoms with Gasteiger partial charge >= 0.3 is 0 Å². The average molecular weight is 467 g/mol. The number of amides is 1. The summed E-state index contributed by atoms with van der Waals surface area (Å²) in [6, 6.07) is 14.5. The van der Waals surface area contributed by atoms with Gasteiger partial charge in [0.1, 0.15) is 18.0 Å². The molecule has 6 heteroatoms. The Morgan fingerprint density at radius 2 is 1.82 bits per heavy atom. The Morgan fingerprint density at radius 3 is 2.58 bits per heavy atom. The molecule has 2 heterocycles. The molecule has 1 aliphatic carbocycles. The number of piperidine rings is 1. The van der Waals surface area contributed by atoms with Gasteiger partial charge in [-0.25, -0.2) is 4.31 Å². The number of aryl methyl sites for hydroxylation is 2. The van der Waals surface area contributed by atoms with Gasteiger partial charge in [-0.1, -0.05) is 49.2 Å². The van der Waals surface area contributed by atoms with E-state index in [1.807, 2.05) is 48.0 Å². The molecule has 5 rings (SSSR count). The van der Waals surface area contributed by atoms with Gasteiger partial charge in [-0.3, -0.25) is 4.79 Å². The number of rotatable bonds is 8. The highest BCUT2D eigenvalue weighted by Gasteiger charge is 2.45. The molecule has 2 aromatic rings. The first-order valence-electron chi connectivity index (χ1n) is 12.1. The van der Waals surface area contributed by atoms with E-state index in [4.69, 9.17) is 9.47 Å². The summed E-state index contributed by atoms with van der Waals surface area (Å²) in [7, 11) is 1.70. The SMILES string of the molecule is CCc1cccc(C)c1C(=O)N1CC(OC)C(Oc2cccc(CSN3CC4CC4C3)c2)C1. The van der Waals surface area contributed by atoms with Crippen molar-refractivity contribution >= 4 is 17.9 Å². The number of hydrogen-bond acceptors (Lipinski definition) is 5. The van der Waals surface area contributed by atoms with Crippen molar-refractivity contribution in [3.8, 4) is 5.75 Å². The van der Waals surface area contributed by atoms with Gasteiger partial charge < -0.3 is 14.4 Å². The standard InChI is InChI=1S/C27H34N2O3S/c1-4-20-9-5-7-18(2)26(20)27(30)28-15-24(31-3)25(16-28)32-23-10-6-8-19(11-23)17-33-29-13-21-12-22(21)14-29/h5-11,21-22,24-25H,4,12-17H2,1-3H3. The summed E-state index contributed by atoms with van der Waals surface area (Å²) >= 11 is 1.93. The minimum Gasteiger partial charge on any atom is -0.486 e. The first kappa shape index (κ1) is 22.8. The summed E-state index contributed by atoms with van der Waals surface area (Å²) in [6.07, 6.45) is 1.96. The molecule has 33 heavy (non-hydrogen) atoms. The maximum atomic E-state index is 13.4. The van der Waals surface area contributed by atoms with Crippen LogP contribution in [-0.4, -0.2) is 60.6 Å². The van der Waals surface area contributed by atoms with Crippen LogP contribution in [0.5, 0.6) is 5.75 Å². The van der Waals surface area contributed by atoms with E-state index < -0.39 is 0 Å². The molecule has 2 saturated heterocycles. The lowest BCUT2D eigenvalue weighted by atomic mass is 9.99. The normalized spacial score (nSPS) is 26.5. The minimum absolute atomic E-state index is 0.0758. The van der Waals surface area contributed by atoms with Gasteiger partial charge in [0.2, 0.25) is 0 Å². The Kier molecular flexibility index (Phi) is 6.68. The van der Waals surface area contributed by atoms with Gasteiger partial charge in [-0.05, 0) is 60.4 Å². The lowest BCUT2D eigenvalue weighted by Gasteiger charge is -2.20. The Hall–Kier alpha value is -2.02. The molecule has 0 bridgehead atoms. The van der Waals surface area contributed by atoms with Crippen molar-refractivity contribution in [1.29, 1.82) is 0 Å². The van der Waals surface area contributed by atoms with Crippen molar-refractivity contribution in [3.63, 3.8) is 0 Å². The number of fused-ring (bicyclic) bond motifs is 1. The quantitative estimate of drug-likeness (QED) is 0.533. The van der Waals surface area contributed by atoms with Crippen LogP contribution in [0.4, 0.5) is 0 Å². The maximum absolute atomic E-state index is 13.4. The molecule has 1 saturated carbocycles. The Morgan fingerprint density at radius 1 is 1.06 bits per heavy atom. The molecule has 4 unspecified atom stereocenters. The molecule has 3 aliphatic rings. The highest BCUT2D eigenvalue weighted by atomic mass is 32.2. The zero-order chi connectivity index (χ0) is 22.9.